The molecule has 5 heteroatoms. The molecule has 0 saturated carbocycles. The predicted molar refractivity (Wildman–Crippen MR) is 131 cm³/mol. The van der Waals surface area contributed by atoms with Crippen LogP contribution in [0.2, 0.25) is 5.15 Å². The number of pyridine rings is 1. The van der Waals surface area contributed by atoms with E-state index in [4.69, 9.17) is 23.2 Å². The summed E-state index contributed by atoms with van der Waals surface area (Å²) < 4.78 is 0.325. The van der Waals surface area contributed by atoms with Crippen molar-refractivity contribution < 1.29 is 0 Å². The van der Waals surface area contributed by atoms with Gasteiger partial charge in [-0.05, 0) is 48.9 Å². The fourth-order valence-electron chi connectivity index (χ4n) is 3.07. The lowest BCUT2D eigenvalue weighted by Crippen LogP contribution is -2.25. The zero-order chi connectivity index (χ0) is 21.2. The predicted octanol–water partition coefficient (Wildman–Crippen LogP) is 7.35. The Labute approximate surface area is 189 Å². The van der Waals surface area contributed by atoms with Crippen LogP contribution in [0.15, 0.2) is 78.4 Å². The Morgan fingerprint density at radius 2 is 1.90 bits per heavy atom. The van der Waals surface area contributed by atoms with Crippen molar-refractivity contribution in [3.8, 4) is 11.1 Å². The molecular formula is C24H28Cl2N2S. The Bertz CT molecular complexity index is 843. The van der Waals surface area contributed by atoms with Gasteiger partial charge >= 0.3 is 0 Å². The number of nitrogens with zero attached hydrogens (tertiary/aromatic N) is 2. The fourth-order valence-corrected chi connectivity index (χ4v) is 5.03. The minimum Gasteiger partial charge on any atom is -0.301 e. The average molecular weight is 447 g/mol. The molecule has 0 spiro atoms. The monoisotopic (exact) mass is 446 g/mol. The summed E-state index contributed by atoms with van der Waals surface area (Å²) in [4.78, 5) is 7.98. The third-order valence-corrected chi connectivity index (χ3v) is 6.36. The molecule has 2 aliphatic heterocycles. The van der Waals surface area contributed by atoms with E-state index < -0.39 is 0 Å². The van der Waals surface area contributed by atoms with E-state index in [-0.39, 0.29) is 0 Å². The molecule has 2 nitrogen and oxygen atoms in total. The lowest BCUT2D eigenvalue weighted by atomic mass is 10.0. The van der Waals surface area contributed by atoms with Crippen molar-refractivity contribution in [2.24, 2.45) is 0 Å². The van der Waals surface area contributed by atoms with Gasteiger partial charge in [0.2, 0.25) is 0 Å². The second-order valence-electron chi connectivity index (χ2n) is 6.91. The maximum atomic E-state index is 6.04. The fraction of sp³-hybridized carbons (Fsp3) is 0.292. The molecule has 2 aromatic rings. The van der Waals surface area contributed by atoms with Crippen LogP contribution in [0.3, 0.4) is 0 Å². The molecule has 0 aliphatic carbocycles. The molecule has 2 aliphatic rings. The van der Waals surface area contributed by atoms with E-state index in [9.17, 15) is 0 Å². The van der Waals surface area contributed by atoms with Crippen LogP contribution in [-0.2, 0) is 0 Å². The molecule has 1 aromatic heterocycles. The molecule has 0 fully saturated rings. The number of benzene rings is 1. The molecule has 1 aromatic carbocycles. The summed E-state index contributed by atoms with van der Waals surface area (Å²) in [5.74, 6) is 0. The smallest absolute Gasteiger partial charge is 0.129 e. The van der Waals surface area contributed by atoms with Gasteiger partial charge in [0, 0.05) is 24.8 Å². The van der Waals surface area contributed by atoms with Gasteiger partial charge < -0.3 is 4.90 Å². The summed E-state index contributed by atoms with van der Waals surface area (Å²) in [6, 6.07) is 12.1. The van der Waals surface area contributed by atoms with Gasteiger partial charge in [-0.15, -0.1) is 23.4 Å². The highest BCUT2D eigenvalue weighted by Gasteiger charge is 2.26. The number of allylic oxidation sites excluding steroid dienone is 2. The van der Waals surface area contributed by atoms with E-state index in [1.165, 1.54) is 18.5 Å². The van der Waals surface area contributed by atoms with Crippen LogP contribution in [0, 0.1) is 6.92 Å². The summed E-state index contributed by atoms with van der Waals surface area (Å²) in [5, 5.41) is 0.544. The minimum absolute atomic E-state index is 0.325. The van der Waals surface area contributed by atoms with Crippen LogP contribution in [0.5, 0.6) is 0 Å². The van der Waals surface area contributed by atoms with E-state index in [0.29, 0.717) is 9.86 Å². The van der Waals surface area contributed by atoms with Gasteiger partial charge in [-0.2, -0.15) is 0 Å². The lowest BCUT2D eigenvalue weighted by molar-refractivity contribution is 0.355. The summed E-state index contributed by atoms with van der Waals surface area (Å²) in [6.07, 6.45) is 7.45. The van der Waals surface area contributed by atoms with E-state index >= 15 is 0 Å². The van der Waals surface area contributed by atoms with Crippen LogP contribution in [0.4, 0.5) is 0 Å². The number of hydrogen-bond acceptors (Lipinski definition) is 3. The van der Waals surface area contributed by atoms with E-state index in [1.807, 2.05) is 49.1 Å². The third-order valence-electron chi connectivity index (χ3n) is 4.61. The summed E-state index contributed by atoms with van der Waals surface area (Å²) in [6.45, 7) is 11.1. The lowest BCUT2D eigenvalue weighted by Gasteiger charge is -2.23. The number of hydrogen-bond donors (Lipinski definition) is 0. The maximum absolute atomic E-state index is 6.04. The summed E-state index contributed by atoms with van der Waals surface area (Å²) >= 11 is 13.7. The summed E-state index contributed by atoms with van der Waals surface area (Å²) in [5.41, 5.74) is 5.08. The first-order chi connectivity index (χ1) is 13.9. The van der Waals surface area contributed by atoms with Crippen LogP contribution in [0.1, 0.15) is 18.4 Å². The van der Waals surface area contributed by atoms with Crippen molar-refractivity contribution in [2.45, 2.75) is 24.5 Å². The highest BCUT2D eigenvalue weighted by Crippen LogP contribution is 2.43. The minimum atomic E-state index is 0.325. The number of halogens is 2. The average Bonchev–Trinajstić information content (AvgIpc) is 3.08. The Morgan fingerprint density at radius 3 is 2.52 bits per heavy atom. The topological polar surface area (TPSA) is 16.1 Å². The van der Waals surface area contributed by atoms with Gasteiger partial charge in [0.15, 0.2) is 0 Å². The molecule has 29 heavy (non-hydrogen) atoms. The number of aromatic nitrogens is 1. The summed E-state index contributed by atoms with van der Waals surface area (Å²) in [7, 11) is 2.17. The van der Waals surface area contributed by atoms with Crippen molar-refractivity contribution in [3.63, 3.8) is 0 Å². The second-order valence-corrected chi connectivity index (χ2v) is 9.38. The first-order valence-corrected chi connectivity index (χ1v) is 11.2. The van der Waals surface area contributed by atoms with E-state index in [1.54, 1.807) is 22.6 Å². The van der Waals surface area contributed by atoms with Crippen LogP contribution in [0.25, 0.3) is 11.1 Å². The molecule has 0 bridgehead atoms. The number of aryl methyl sites for hydroxylation is 1. The van der Waals surface area contributed by atoms with Gasteiger partial charge in [-0.1, -0.05) is 72.8 Å². The quantitative estimate of drug-likeness (QED) is 0.272. The van der Waals surface area contributed by atoms with Crippen molar-refractivity contribution in [1.82, 2.24) is 9.88 Å². The normalized spacial score (nSPS) is 18.0. The molecule has 4 rings (SSSR count). The SMILES string of the molecule is C=CC=C.CN1CCC2=C(C1)SC(Cl)C2.Cc1cc(Cl)ncc1-c1ccccc1. The van der Waals surface area contributed by atoms with E-state index in [0.717, 1.165) is 24.1 Å². The Morgan fingerprint density at radius 1 is 1.21 bits per heavy atom. The number of thioether (sulfide) groups is 1. The highest BCUT2D eigenvalue weighted by atomic mass is 35.5. The van der Waals surface area contributed by atoms with Gasteiger partial charge in [-0.25, -0.2) is 4.98 Å². The Kier molecular flexibility index (Phi) is 10.0. The molecule has 0 amide bonds. The number of rotatable bonds is 2. The maximum Gasteiger partial charge on any atom is 0.129 e. The number of alkyl halides is 1. The van der Waals surface area contributed by atoms with Crippen molar-refractivity contribution in [3.05, 3.63) is 89.1 Å². The Balaban J connectivity index is 0.000000179. The van der Waals surface area contributed by atoms with Crippen molar-refractivity contribution >= 4 is 35.0 Å². The molecule has 0 radical (unpaired) electrons. The molecular weight excluding hydrogens is 419 g/mol. The second kappa shape index (κ2) is 12.2. The molecule has 154 valence electrons. The first kappa shape index (κ1) is 23.8. The van der Waals surface area contributed by atoms with Gasteiger partial charge in [0.1, 0.15) is 5.15 Å². The molecule has 1 atom stereocenters. The Hall–Kier alpha value is -1.52. The highest BCUT2D eigenvalue weighted by molar-refractivity contribution is 8.05. The van der Waals surface area contributed by atoms with Gasteiger partial charge in [-0.3, -0.25) is 0 Å². The zero-order valence-electron chi connectivity index (χ0n) is 17.1. The van der Waals surface area contributed by atoms with E-state index in [2.05, 4.69) is 42.2 Å². The molecule has 3 heterocycles. The van der Waals surface area contributed by atoms with Crippen molar-refractivity contribution in [1.29, 1.82) is 0 Å². The van der Waals surface area contributed by atoms with Gasteiger partial charge in [0.25, 0.3) is 0 Å². The van der Waals surface area contributed by atoms with Crippen LogP contribution in [-0.4, -0.2) is 34.7 Å². The number of likely N-dealkylation sites (N-methyl/N-ethyl adjacent to an activating group) is 1. The molecule has 0 N–H and O–H groups in total. The first-order valence-electron chi connectivity index (χ1n) is 9.55. The van der Waals surface area contributed by atoms with Crippen LogP contribution < -0.4 is 0 Å². The van der Waals surface area contributed by atoms with Crippen molar-refractivity contribution in [2.75, 3.05) is 20.1 Å². The van der Waals surface area contributed by atoms with Gasteiger partial charge in [0.05, 0.1) is 4.71 Å². The third kappa shape index (κ3) is 7.67. The largest absolute Gasteiger partial charge is 0.301 e. The zero-order valence-corrected chi connectivity index (χ0v) is 19.4. The van der Waals surface area contributed by atoms with Crippen LogP contribution >= 0.6 is 35.0 Å². The molecule has 0 saturated heterocycles. The standard InChI is InChI=1S/C12H10ClN.C8H12ClNS.C4H6/c1-9-7-12(13)14-8-11(9)10-5-3-2-4-6-10;1-10-3-2-6-4-8(9)11-7(6)5-10;1-3-4-2/h2-8H,1H3;8H,2-5H2,1H3;3-4H,1-2H2. The molecule has 1 unspecified atom stereocenters.